The summed E-state index contributed by atoms with van der Waals surface area (Å²) in [6.07, 6.45) is 4.18. The van der Waals surface area contributed by atoms with Gasteiger partial charge in [-0.25, -0.2) is 4.79 Å². The number of imidazole rings is 1. The molecule has 1 aromatic carbocycles. The first-order valence-corrected chi connectivity index (χ1v) is 14.5. The number of hydrogen-bond acceptors (Lipinski definition) is 5. The largest absolute Gasteiger partial charge is 0.418 e. The quantitative estimate of drug-likeness (QED) is 0.331. The van der Waals surface area contributed by atoms with E-state index < -0.39 is 23.0 Å². The SMILES string of the molecule is C[C@@H]1CN(C(C)(C)c2cc(C(F)(F)F)c3cn(-c4cccc(C5(c6nncn6C)CC6(CC6)C5)c4)c(=O)n3c2)CCO1. The third-order valence-electron chi connectivity index (χ3n) is 9.94. The van der Waals surface area contributed by atoms with Crippen molar-refractivity contribution in [2.75, 3.05) is 19.7 Å². The van der Waals surface area contributed by atoms with E-state index in [-0.39, 0.29) is 17.0 Å². The summed E-state index contributed by atoms with van der Waals surface area (Å²) >= 11 is 0. The summed E-state index contributed by atoms with van der Waals surface area (Å²) in [6, 6.07) is 8.79. The highest BCUT2D eigenvalue weighted by molar-refractivity contribution is 5.59. The smallest absolute Gasteiger partial charge is 0.376 e. The van der Waals surface area contributed by atoms with Crippen molar-refractivity contribution in [2.45, 2.75) is 69.7 Å². The van der Waals surface area contributed by atoms with Crippen LogP contribution < -0.4 is 5.69 Å². The van der Waals surface area contributed by atoms with Crippen LogP contribution in [0.3, 0.4) is 0 Å². The Kier molecular flexibility index (Phi) is 5.89. The van der Waals surface area contributed by atoms with Crippen molar-refractivity contribution < 1.29 is 17.9 Å². The summed E-state index contributed by atoms with van der Waals surface area (Å²) in [6.45, 7) is 7.43. The van der Waals surface area contributed by atoms with Crippen LogP contribution in [0.5, 0.6) is 0 Å². The van der Waals surface area contributed by atoms with Crippen LogP contribution in [-0.2, 0) is 28.9 Å². The molecule has 2 saturated carbocycles. The highest BCUT2D eigenvalue weighted by atomic mass is 19.4. The van der Waals surface area contributed by atoms with Gasteiger partial charge >= 0.3 is 11.9 Å². The lowest BCUT2D eigenvalue weighted by Gasteiger charge is -2.48. The van der Waals surface area contributed by atoms with Crippen LogP contribution in [0, 0.1) is 5.41 Å². The molecule has 1 atom stereocenters. The maximum Gasteiger partial charge on any atom is 0.418 e. The number of pyridine rings is 1. The van der Waals surface area contributed by atoms with E-state index in [4.69, 9.17) is 4.74 Å². The summed E-state index contributed by atoms with van der Waals surface area (Å²) in [5.41, 5.74) is -0.347. The van der Waals surface area contributed by atoms with Crippen molar-refractivity contribution in [3.05, 3.63) is 82.1 Å². The second kappa shape index (κ2) is 9.03. The Morgan fingerprint density at radius 2 is 1.86 bits per heavy atom. The van der Waals surface area contributed by atoms with Gasteiger partial charge in [-0.15, -0.1) is 10.2 Å². The third kappa shape index (κ3) is 4.15. The molecule has 3 fully saturated rings. The first kappa shape index (κ1) is 27.4. The van der Waals surface area contributed by atoms with Gasteiger partial charge in [0, 0.05) is 38.1 Å². The van der Waals surface area contributed by atoms with Crippen LogP contribution in [0.2, 0.25) is 0 Å². The number of rotatable bonds is 5. The number of benzene rings is 1. The van der Waals surface area contributed by atoms with Crippen molar-refractivity contribution >= 4 is 5.52 Å². The van der Waals surface area contributed by atoms with Crippen molar-refractivity contribution in [2.24, 2.45) is 12.5 Å². The van der Waals surface area contributed by atoms with Gasteiger partial charge in [0.05, 0.1) is 34.9 Å². The third-order valence-corrected chi connectivity index (χ3v) is 9.94. The lowest BCUT2D eigenvalue weighted by molar-refractivity contribution is -0.136. The van der Waals surface area contributed by atoms with E-state index in [1.165, 1.54) is 29.7 Å². The number of aryl methyl sites for hydroxylation is 1. The Balaban J connectivity index is 1.35. The fourth-order valence-corrected chi connectivity index (χ4v) is 7.36. The highest BCUT2D eigenvalue weighted by Gasteiger charge is 2.63. The minimum atomic E-state index is -4.64. The number of fused-ring (bicyclic) bond motifs is 1. The number of alkyl halides is 3. The Labute approximate surface area is 241 Å². The molecule has 4 heterocycles. The summed E-state index contributed by atoms with van der Waals surface area (Å²) in [5, 5.41) is 8.58. The lowest BCUT2D eigenvalue weighted by Crippen LogP contribution is -2.50. The minimum Gasteiger partial charge on any atom is -0.376 e. The van der Waals surface area contributed by atoms with Crippen molar-refractivity contribution in [3.8, 4) is 5.69 Å². The van der Waals surface area contributed by atoms with E-state index in [9.17, 15) is 18.0 Å². The Morgan fingerprint density at radius 1 is 1.10 bits per heavy atom. The number of halogens is 3. The maximum absolute atomic E-state index is 14.5. The fourth-order valence-electron chi connectivity index (χ4n) is 7.36. The molecule has 7 rings (SSSR count). The molecule has 11 heteroatoms. The predicted molar refractivity (Wildman–Crippen MR) is 151 cm³/mol. The molecular weight excluding hydrogens is 545 g/mol. The average Bonchev–Trinajstić information content (AvgIpc) is 3.49. The average molecular weight is 581 g/mol. The van der Waals surface area contributed by atoms with Crippen LogP contribution in [-0.4, -0.2) is 54.4 Å². The fraction of sp³-hybridized carbons (Fsp3) is 0.516. The molecule has 0 bridgehead atoms. The van der Waals surface area contributed by atoms with E-state index in [2.05, 4.69) is 15.1 Å². The van der Waals surface area contributed by atoms with Crippen molar-refractivity contribution in [1.29, 1.82) is 0 Å². The number of nitrogens with zero attached hydrogens (tertiary/aromatic N) is 6. The molecule has 4 aromatic rings. The molecule has 1 aliphatic heterocycles. The number of morpholine rings is 1. The van der Waals surface area contributed by atoms with E-state index >= 15 is 0 Å². The van der Waals surface area contributed by atoms with Gasteiger partial charge in [-0.1, -0.05) is 12.1 Å². The molecule has 1 spiro atoms. The van der Waals surface area contributed by atoms with Gasteiger partial charge in [0.2, 0.25) is 0 Å². The molecule has 222 valence electrons. The van der Waals surface area contributed by atoms with Gasteiger partial charge in [-0.2, -0.15) is 13.2 Å². The first-order chi connectivity index (χ1) is 19.8. The van der Waals surface area contributed by atoms with Crippen molar-refractivity contribution in [3.63, 3.8) is 0 Å². The molecule has 0 radical (unpaired) electrons. The standard InChI is InChI=1S/C31H35F3N6O2/c1-20-14-38(10-11-42-20)28(2,3)22-13-24(31(32,33)34)25-16-39(27(41)40(25)15-22)23-7-5-6-21(12-23)30(17-29(18-30)8-9-29)26-36-35-19-37(26)4/h5-7,12-13,15-16,19-20H,8-11,14,17-18H2,1-4H3/t20-/m1/s1. The van der Waals surface area contributed by atoms with Crippen LogP contribution in [0.4, 0.5) is 13.2 Å². The van der Waals surface area contributed by atoms with E-state index in [1.807, 2.05) is 50.6 Å². The lowest BCUT2D eigenvalue weighted by atomic mass is 9.56. The molecule has 0 amide bonds. The Morgan fingerprint density at radius 3 is 2.50 bits per heavy atom. The zero-order chi connectivity index (χ0) is 29.7. The number of ether oxygens (including phenoxy) is 1. The second-order valence-electron chi connectivity index (χ2n) is 13.1. The molecule has 8 nitrogen and oxygen atoms in total. The molecule has 3 aliphatic rings. The number of hydrogen-bond donors (Lipinski definition) is 0. The van der Waals surface area contributed by atoms with E-state index in [1.54, 1.807) is 18.6 Å². The van der Waals surface area contributed by atoms with Gasteiger partial charge in [0.15, 0.2) is 0 Å². The van der Waals surface area contributed by atoms with Crippen molar-refractivity contribution in [1.82, 2.24) is 28.6 Å². The van der Waals surface area contributed by atoms with Crippen LogP contribution in [0.25, 0.3) is 11.2 Å². The van der Waals surface area contributed by atoms with Gasteiger partial charge in [0.1, 0.15) is 12.2 Å². The minimum absolute atomic E-state index is 0.0322. The molecular formula is C31H35F3N6O2. The molecule has 1 saturated heterocycles. The van der Waals surface area contributed by atoms with Crippen LogP contribution in [0.15, 0.2) is 53.8 Å². The first-order valence-electron chi connectivity index (χ1n) is 14.5. The van der Waals surface area contributed by atoms with Gasteiger partial charge < -0.3 is 9.30 Å². The monoisotopic (exact) mass is 580 g/mol. The van der Waals surface area contributed by atoms with Gasteiger partial charge in [0.25, 0.3) is 0 Å². The topological polar surface area (TPSA) is 69.6 Å². The predicted octanol–water partition coefficient (Wildman–Crippen LogP) is 5.05. The Bertz CT molecular complexity index is 1740. The van der Waals surface area contributed by atoms with Crippen LogP contribution >= 0.6 is 0 Å². The summed E-state index contributed by atoms with van der Waals surface area (Å²) in [5.74, 6) is 0.871. The second-order valence-corrected chi connectivity index (χ2v) is 13.1. The zero-order valence-electron chi connectivity index (χ0n) is 24.3. The molecule has 0 N–H and O–H groups in total. The summed E-state index contributed by atoms with van der Waals surface area (Å²) in [4.78, 5) is 16.0. The molecule has 0 unspecified atom stereocenters. The number of aromatic nitrogens is 5. The zero-order valence-corrected chi connectivity index (χ0v) is 24.3. The Hall–Kier alpha value is -3.44. The van der Waals surface area contributed by atoms with E-state index in [0.717, 1.165) is 28.6 Å². The maximum atomic E-state index is 14.5. The van der Waals surface area contributed by atoms with Gasteiger partial charge in [-0.3, -0.25) is 13.9 Å². The van der Waals surface area contributed by atoms with E-state index in [0.29, 0.717) is 36.4 Å². The normalized spacial score (nSPS) is 22.0. The highest BCUT2D eigenvalue weighted by Crippen LogP contribution is 2.70. The summed E-state index contributed by atoms with van der Waals surface area (Å²) in [7, 11) is 1.93. The summed E-state index contributed by atoms with van der Waals surface area (Å²) < 4.78 is 53.6. The molecule has 42 heavy (non-hydrogen) atoms. The van der Waals surface area contributed by atoms with Crippen LogP contribution in [0.1, 0.15) is 69.0 Å². The molecule has 3 aromatic heterocycles. The van der Waals surface area contributed by atoms with Gasteiger partial charge in [-0.05, 0) is 81.2 Å². The molecule has 2 aliphatic carbocycles.